The van der Waals surface area contributed by atoms with E-state index in [9.17, 15) is 0 Å². The Hall–Kier alpha value is -1.02. The molecule has 3 rings (SSSR count). The molecule has 1 heterocycles. The molecular formula is C15H21NO. The largest absolute Gasteiger partial charge is 0.493 e. The highest BCUT2D eigenvalue weighted by Gasteiger charge is 2.21. The average Bonchev–Trinajstić information content (AvgIpc) is 2.69. The van der Waals surface area contributed by atoms with Crippen LogP contribution in [0.5, 0.6) is 5.75 Å². The van der Waals surface area contributed by atoms with Gasteiger partial charge < -0.3 is 10.5 Å². The van der Waals surface area contributed by atoms with Crippen molar-refractivity contribution >= 4 is 0 Å². The van der Waals surface area contributed by atoms with E-state index >= 15 is 0 Å². The lowest BCUT2D eigenvalue weighted by molar-refractivity contribution is 0.356. The molecule has 17 heavy (non-hydrogen) atoms. The van der Waals surface area contributed by atoms with Crippen molar-refractivity contribution in [3.05, 3.63) is 29.3 Å². The summed E-state index contributed by atoms with van der Waals surface area (Å²) in [6.07, 6.45) is 7.34. The van der Waals surface area contributed by atoms with E-state index in [0.29, 0.717) is 12.0 Å². The summed E-state index contributed by atoms with van der Waals surface area (Å²) in [5, 5.41) is 0. The van der Waals surface area contributed by atoms with Crippen molar-refractivity contribution < 1.29 is 4.74 Å². The quantitative estimate of drug-likeness (QED) is 0.754. The van der Waals surface area contributed by atoms with Gasteiger partial charge in [-0.1, -0.05) is 25.0 Å². The molecule has 1 aromatic rings. The van der Waals surface area contributed by atoms with Gasteiger partial charge in [0.05, 0.1) is 6.61 Å². The number of hydrogen-bond acceptors (Lipinski definition) is 2. The monoisotopic (exact) mass is 231 g/mol. The van der Waals surface area contributed by atoms with E-state index in [1.807, 2.05) is 0 Å². The van der Waals surface area contributed by atoms with Gasteiger partial charge in [0.1, 0.15) is 5.75 Å². The fraction of sp³-hybridized carbons (Fsp3) is 0.600. The van der Waals surface area contributed by atoms with Gasteiger partial charge in [0.15, 0.2) is 0 Å². The maximum Gasteiger partial charge on any atom is 0.122 e. The van der Waals surface area contributed by atoms with Crippen LogP contribution in [0.1, 0.15) is 49.1 Å². The molecule has 2 unspecified atom stereocenters. The molecule has 1 aromatic carbocycles. The van der Waals surface area contributed by atoms with Crippen LogP contribution in [0, 0.1) is 0 Å². The molecule has 2 atom stereocenters. The van der Waals surface area contributed by atoms with Crippen LogP contribution in [0.2, 0.25) is 0 Å². The van der Waals surface area contributed by atoms with E-state index in [1.54, 1.807) is 0 Å². The van der Waals surface area contributed by atoms with Crippen molar-refractivity contribution in [1.82, 2.24) is 0 Å². The molecule has 2 aliphatic rings. The molecule has 0 spiro atoms. The molecule has 0 amide bonds. The molecule has 1 fully saturated rings. The van der Waals surface area contributed by atoms with Gasteiger partial charge >= 0.3 is 0 Å². The molecule has 0 bridgehead atoms. The molecular weight excluding hydrogens is 210 g/mol. The van der Waals surface area contributed by atoms with Gasteiger partial charge in [0, 0.05) is 12.5 Å². The molecule has 0 radical (unpaired) electrons. The molecule has 1 saturated carbocycles. The first-order valence-corrected chi connectivity index (χ1v) is 6.84. The first-order valence-electron chi connectivity index (χ1n) is 6.84. The van der Waals surface area contributed by atoms with Gasteiger partial charge in [-0.25, -0.2) is 0 Å². The van der Waals surface area contributed by atoms with Crippen LogP contribution >= 0.6 is 0 Å². The fourth-order valence-electron chi connectivity index (χ4n) is 3.16. The van der Waals surface area contributed by atoms with Gasteiger partial charge in [0.25, 0.3) is 0 Å². The molecule has 0 saturated heterocycles. The molecule has 2 N–H and O–H groups in total. The van der Waals surface area contributed by atoms with E-state index in [1.165, 1.54) is 36.8 Å². The number of fused-ring (bicyclic) bond motifs is 1. The normalized spacial score (nSPS) is 28.3. The lowest BCUT2D eigenvalue weighted by Crippen LogP contribution is -2.20. The summed E-state index contributed by atoms with van der Waals surface area (Å²) in [5.41, 5.74) is 9.02. The maximum atomic E-state index is 6.15. The number of nitrogens with two attached hydrogens (primary N) is 1. The summed E-state index contributed by atoms with van der Waals surface area (Å²) < 4.78 is 5.56. The van der Waals surface area contributed by atoms with Crippen LogP contribution in [0.15, 0.2) is 18.2 Å². The SMILES string of the molecule is NC1CCCCC(c2ccc3c(c2)CCO3)C1. The van der Waals surface area contributed by atoms with Gasteiger partial charge in [-0.05, 0) is 42.4 Å². The standard InChI is InChI=1S/C15H21NO/c16-14-4-2-1-3-11(10-14)12-5-6-15-13(9-12)7-8-17-15/h5-6,9,11,14H,1-4,7-8,10,16H2. The second-order valence-electron chi connectivity index (χ2n) is 5.44. The lowest BCUT2D eigenvalue weighted by atomic mass is 9.89. The van der Waals surface area contributed by atoms with Crippen LogP contribution in [0.3, 0.4) is 0 Å². The zero-order valence-electron chi connectivity index (χ0n) is 10.3. The van der Waals surface area contributed by atoms with E-state index in [0.717, 1.165) is 25.2 Å². The third-order valence-electron chi connectivity index (χ3n) is 4.15. The van der Waals surface area contributed by atoms with E-state index in [2.05, 4.69) is 18.2 Å². The summed E-state index contributed by atoms with van der Waals surface area (Å²) in [6, 6.07) is 7.14. The fourth-order valence-corrected chi connectivity index (χ4v) is 3.16. The zero-order chi connectivity index (χ0) is 11.7. The summed E-state index contributed by atoms with van der Waals surface area (Å²) in [4.78, 5) is 0. The Labute approximate surface area is 103 Å². The lowest BCUT2D eigenvalue weighted by Gasteiger charge is -2.18. The summed E-state index contributed by atoms with van der Waals surface area (Å²) in [5.74, 6) is 1.75. The third-order valence-corrected chi connectivity index (χ3v) is 4.15. The van der Waals surface area contributed by atoms with Gasteiger partial charge in [-0.3, -0.25) is 0 Å². The van der Waals surface area contributed by atoms with E-state index in [-0.39, 0.29) is 0 Å². The number of hydrogen-bond donors (Lipinski definition) is 1. The molecule has 1 aliphatic heterocycles. The van der Waals surface area contributed by atoms with Crippen LogP contribution < -0.4 is 10.5 Å². The first kappa shape index (κ1) is 11.1. The zero-order valence-corrected chi connectivity index (χ0v) is 10.3. The Morgan fingerprint density at radius 1 is 1.18 bits per heavy atom. The Morgan fingerprint density at radius 3 is 3.00 bits per heavy atom. The smallest absolute Gasteiger partial charge is 0.122 e. The predicted molar refractivity (Wildman–Crippen MR) is 69.4 cm³/mol. The van der Waals surface area contributed by atoms with Crippen LogP contribution in [-0.4, -0.2) is 12.6 Å². The summed E-state index contributed by atoms with van der Waals surface area (Å²) in [7, 11) is 0. The van der Waals surface area contributed by atoms with Gasteiger partial charge in [-0.15, -0.1) is 0 Å². The second kappa shape index (κ2) is 4.69. The number of ether oxygens (including phenoxy) is 1. The highest BCUT2D eigenvalue weighted by atomic mass is 16.5. The Bertz CT molecular complexity index is 402. The molecule has 2 nitrogen and oxygen atoms in total. The van der Waals surface area contributed by atoms with Crippen molar-refractivity contribution in [2.45, 2.75) is 50.5 Å². The highest BCUT2D eigenvalue weighted by molar-refractivity contribution is 5.41. The van der Waals surface area contributed by atoms with Crippen molar-refractivity contribution in [1.29, 1.82) is 0 Å². The van der Waals surface area contributed by atoms with Crippen molar-refractivity contribution in [3.63, 3.8) is 0 Å². The average molecular weight is 231 g/mol. The minimum absolute atomic E-state index is 0.395. The Balaban J connectivity index is 1.82. The van der Waals surface area contributed by atoms with Crippen molar-refractivity contribution in [2.24, 2.45) is 5.73 Å². The summed E-state index contributed by atoms with van der Waals surface area (Å²) in [6.45, 7) is 0.850. The second-order valence-corrected chi connectivity index (χ2v) is 5.44. The van der Waals surface area contributed by atoms with E-state index in [4.69, 9.17) is 10.5 Å². The van der Waals surface area contributed by atoms with Crippen LogP contribution in [0.4, 0.5) is 0 Å². The number of benzene rings is 1. The molecule has 2 heteroatoms. The highest BCUT2D eigenvalue weighted by Crippen LogP contribution is 2.34. The van der Waals surface area contributed by atoms with Crippen LogP contribution in [0.25, 0.3) is 0 Å². The van der Waals surface area contributed by atoms with Gasteiger partial charge in [-0.2, -0.15) is 0 Å². The minimum Gasteiger partial charge on any atom is -0.493 e. The molecule has 92 valence electrons. The van der Waals surface area contributed by atoms with Gasteiger partial charge in [0.2, 0.25) is 0 Å². The topological polar surface area (TPSA) is 35.2 Å². The van der Waals surface area contributed by atoms with Crippen LogP contribution in [-0.2, 0) is 6.42 Å². The molecule has 0 aromatic heterocycles. The maximum absolute atomic E-state index is 6.15. The predicted octanol–water partition coefficient (Wildman–Crippen LogP) is 3.00. The Kier molecular flexibility index (Phi) is 3.06. The van der Waals surface area contributed by atoms with Crippen molar-refractivity contribution in [3.8, 4) is 5.75 Å². The number of rotatable bonds is 1. The minimum atomic E-state index is 0.395. The summed E-state index contributed by atoms with van der Waals surface area (Å²) >= 11 is 0. The van der Waals surface area contributed by atoms with Crippen molar-refractivity contribution in [2.75, 3.05) is 6.61 Å². The Morgan fingerprint density at radius 2 is 2.06 bits per heavy atom. The molecule has 1 aliphatic carbocycles. The third kappa shape index (κ3) is 2.32. The van der Waals surface area contributed by atoms with E-state index < -0.39 is 0 Å². The first-order chi connectivity index (χ1) is 8.33.